The van der Waals surface area contributed by atoms with Gasteiger partial charge in [0.1, 0.15) is 11.4 Å². The molecule has 2 fully saturated rings. The van der Waals surface area contributed by atoms with Crippen molar-refractivity contribution in [2.45, 2.75) is 38.6 Å². The quantitative estimate of drug-likeness (QED) is 0.505. The third kappa shape index (κ3) is 5.81. The van der Waals surface area contributed by atoms with Gasteiger partial charge in [0, 0.05) is 31.2 Å². The average molecular weight is 516 g/mol. The predicted octanol–water partition coefficient (Wildman–Crippen LogP) is 3.91. The van der Waals surface area contributed by atoms with Gasteiger partial charge >= 0.3 is 0 Å². The number of hydrogen-bond acceptors (Lipinski definition) is 8. The van der Waals surface area contributed by atoms with Crippen LogP contribution >= 0.6 is 0 Å². The van der Waals surface area contributed by atoms with Crippen molar-refractivity contribution in [3.8, 4) is 28.8 Å². The number of phenols is 1. The molecule has 5 rings (SSSR count). The number of nitrogen functional groups attached to an aromatic ring is 1. The van der Waals surface area contributed by atoms with Crippen LogP contribution in [0.5, 0.6) is 5.75 Å². The van der Waals surface area contributed by atoms with Crippen molar-refractivity contribution in [3.05, 3.63) is 54.1 Å². The van der Waals surface area contributed by atoms with E-state index < -0.39 is 0 Å². The molecule has 3 N–H and O–H groups in total. The third-order valence-corrected chi connectivity index (χ3v) is 7.39. The first-order valence-electron chi connectivity index (χ1n) is 13.3. The molecule has 0 saturated carbocycles. The molecule has 8 nitrogen and oxygen atoms in total. The second kappa shape index (κ2) is 11.7. The molecule has 198 valence electrons. The Hall–Kier alpha value is -3.90. The SMILES string of the molecule is C[C@@H]1CCN(c2cc(-c3ccccc3O)nnc2N)CCN1c1cc(C#CCN2CCCCC2)ncc1F. The summed E-state index contributed by atoms with van der Waals surface area (Å²) in [5.41, 5.74) is 9.24. The van der Waals surface area contributed by atoms with Crippen LogP contribution in [0.25, 0.3) is 11.3 Å². The molecular formula is C29H34FN7O. The number of likely N-dealkylation sites (tertiary alicyclic amines) is 1. The normalized spacial score (nSPS) is 18.5. The van der Waals surface area contributed by atoms with Crippen LogP contribution in [-0.4, -0.2) is 70.5 Å². The van der Waals surface area contributed by atoms with Gasteiger partial charge in [-0.15, -0.1) is 10.2 Å². The van der Waals surface area contributed by atoms with Crippen LogP contribution in [0.15, 0.2) is 42.6 Å². The summed E-state index contributed by atoms with van der Waals surface area (Å²) in [4.78, 5) is 10.8. The Morgan fingerprint density at radius 3 is 2.66 bits per heavy atom. The Balaban J connectivity index is 1.33. The van der Waals surface area contributed by atoms with E-state index >= 15 is 0 Å². The fourth-order valence-corrected chi connectivity index (χ4v) is 5.20. The number of halogens is 1. The lowest BCUT2D eigenvalue weighted by Crippen LogP contribution is -2.35. The highest BCUT2D eigenvalue weighted by atomic mass is 19.1. The lowest BCUT2D eigenvalue weighted by Gasteiger charge is -2.29. The molecule has 2 aromatic heterocycles. The number of phenolic OH excluding ortho intramolecular Hbond substituents is 1. The second-order valence-corrected chi connectivity index (χ2v) is 9.99. The molecule has 4 heterocycles. The molecule has 2 saturated heterocycles. The van der Waals surface area contributed by atoms with E-state index in [1.165, 1.54) is 25.5 Å². The highest BCUT2D eigenvalue weighted by molar-refractivity contribution is 5.74. The summed E-state index contributed by atoms with van der Waals surface area (Å²) in [6.07, 6.45) is 5.81. The summed E-state index contributed by atoms with van der Waals surface area (Å²) in [6, 6.07) is 10.7. The number of piperidine rings is 1. The zero-order valence-corrected chi connectivity index (χ0v) is 21.8. The van der Waals surface area contributed by atoms with E-state index in [9.17, 15) is 9.50 Å². The Labute approximate surface area is 223 Å². The molecule has 1 atom stereocenters. The average Bonchev–Trinajstić information content (AvgIpc) is 3.12. The summed E-state index contributed by atoms with van der Waals surface area (Å²) < 4.78 is 15.0. The van der Waals surface area contributed by atoms with Crippen molar-refractivity contribution in [2.24, 2.45) is 0 Å². The van der Waals surface area contributed by atoms with E-state index in [0.717, 1.165) is 31.7 Å². The Kier molecular flexibility index (Phi) is 7.89. The third-order valence-electron chi connectivity index (χ3n) is 7.39. The van der Waals surface area contributed by atoms with Gasteiger partial charge in [-0.05, 0) is 69.5 Å². The number of hydrogen-bond donors (Lipinski definition) is 2. The molecule has 38 heavy (non-hydrogen) atoms. The number of pyridine rings is 1. The van der Waals surface area contributed by atoms with Crippen LogP contribution in [-0.2, 0) is 0 Å². The maximum atomic E-state index is 15.0. The standard InChI is InChI=1S/C29H34FN7O/c1-21-11-15-36(27-19-25(33-34-29(27)31)23-9-3-4-10-28(23)38)16-17-37(21)26-18-22(32-20-24(26)30)8-7-14-35-12-5-2-6-13-35/h3-4,9-10,18-21,38H,2,5-6,11-17H2,1H3,(H2,31,34)/t21-/m1/s1. The van der Waals surface area contributed by atoms with E-state index in [1.54, 1.807) is 24.3 Å². The number of rotatable bonds is 4. The van der Waals surface area contributed by atoms with Crippen molar-refractivity contribution in [1.82, 2.24) is 20.1 Å². The fraction of sp³-hybridized carbons (Fsp3) is 0.414. The Morgan fingerprint density at radius 1 is 1.03 bits per heavy atom. The van der Waals surface area contributed by atoms with Crippen LogP contribution in [0.2, 0.25) is 0 Å². The number of anilines is 3. The number of aromatic hydroxyl groups is 1. The van der Waals surface area contributed by atoms with Gasteiger partial charge in [0.05, 0.1) is 29.8 Å². The molecule has 2 aliphatic rings. The van der Waals surface area contributed by atoms with Crippen molar-refractivity contribution < 1.29 is 9.50 Å². The summed E-state index contributed by atoms with van der Waals surface area (Å²) in [7, 11) is 0. The minimum atomic E-state index is -0.348. The van der Waals surface area contributed by atoms with E-state index in [1.807, 2.05) is 12.1 Å². The number of nitrogens with two attached hydrogens (primary N) is 1. The summed E-state index contributed by atoms with van der Waals surface area (Å²) >= 11 is 0. The van der Waals surface area contributed by atoms with Crippen molar-refractivity contribution in [2.75, 3.05) is 54.8 Å². The molecule has 0 amide bonds. The first-order valence-corrected chi connectivity index (χ1v) is 13.3. The van der Waals surface area contributed by atoms with Crippen molar-refractivity contribution >= 4 is 17.2 Å². The molecule has 0 unspecified atom stereocenters. The maximum Gasteiger partial charge on any atom is 0.169 e. The summed E-state index contributed by atoms with van der Waals surface area (Å²) in [6.45, 7) is 6.94. The maximum absolute atomic E-state index is 15.0. The van der Waals surface area contributed by atoms with Gasteiger partial charge < -0.3 is 20.6 Å². The van der Waals surface area contributed by atoms with Crippen LogP contribution in [0, 0.1) is 17.7 Å². The second-order valence-electron chi connectivity index (χ2n) is 9.99. The zero-order chi connectivity index (χ0) is 26.5. The highest BCUT2D eigenvalue weighted by Gasteiger charge is 2.25. The molecule has 0 aliphatic carbocycles. The smallest absolute Gasteiger partial charge is 0.169 e. The first-order chi connectivity index (χ1) is 18.5. The Bertz CT molecular complexity index is 1330. The number of nitrogens with zero attached hydrogens (tertiary/aromatic N) is 6. The van der Waals surface area contributed by atoms with Crippen LogP contribution < -0.4 is 15.5 Å². The predicted molar refractivity (Wildman–Crippen MR) is 149 cm³/mol. The Morgan fingerprint density at radius 2 is 1.84 bits per heavy atom. The first kappa shape index (κ1) is 25.7. The number of benzene rings is 1. The van der Waals surface area contributed by atoms with Gasteiger partial charge in [0.2, 0.25) is 0 Å². The molecule has 3 aromatic rings. The van der Waals surface area contributed by atoms with Gasteiger partial charge in [-0.25, -0.2) is 9.37 Å². The van der Waals surface area contributed by atoms with Gasteiger partial charge in [-0.3, -0.25) is 4.90 Å². The molecule has 1 aromatic carbocycles. The molecule has 0 spiro atoms. The number of aromatic nitrogens is 3. The minimum Gasteiger partial charge on any atom is -0.507 e. The monoisotopic (exact) mass is 515 g/mol. The van der Waals surface area contributed by atoms with E-state index in [4.69, 9.17) is 5.73 Å². The molecule has 0 radical (unpaired) electrons. The van der Waals surface area contributed by atoms with Gasteiger partial charge in [-0.2, -0.15) is 0 Å². The summed E-state index contributed by atoms with van der Waals surface area (Å²) in [5.74, 6) is 6.47. The van der Waals surface area contributed by atoms with Crippen molar-refractivity contribution in [3.63, 3.8) is 0 Å². The fourth-order valence-electron chi connectivity index (χ4n) is 5.20. The van der Waals surface area contributed by atoms with Crippen LogP contribution in [0.3, 0.4) is 0 Å². The largest absolute Gasteiger partial charge is 0.507 e. The van der Waals surface area contributed by atoms with E-state index in [-0.39, 0.29) is 17.6 Å². The van der Waals surface area contributed by atoms with Crippen LogP contribution in [0.4, 0.5) is 21.6 Å². The van der Waals surface area contributed by atoms with E-state index in [0.29, 0.717) is 48.1 Å². The molecule has 2 aliphatic heterocycles. The highest BCUT2D eigenvalue weighted by Crippen LogP contribution is 2.33. The van der Waals surface area contributed by atoms with Crippen LogP contribution in [0.1, 0.15) is 38.3 Å². The van der Waals surface area contributed by atoms with E-state index in [2.05, 4.69) is 48.6 Å². The molecule has 0 bridgehead atoms. The zero-order valence-electron chi connectivity index (χ0n) is 21.8. The van der Waals surface area contributed by atoms with Crippen molar-refractivity contribution in [1.29, 1.82) is 0 Å². The molecular weight excluding hydrogens is 481 g/mol. The summed E-state index contributed by atoms with van der Waals surface area (Å²) in [5, 5.41) is 18.6. The number of para-hydroxylation sites is 1. The molecule has 9 heteroatoms. The lowest BCUT2D eigenvalue weighted by molar-refractivity contribution is 0.255. The topological polar surface area (TPSA) is 94.6 Å². The van der Waals surface area contributed by atoms with Gasteiger partial charge in [0.15, 0.2) is 11.6 Å². The van der Waals surface area contributed by atoms with Gasteiger partial charge in [0.25, 0.3) is 0 Å². The minimum absolute atomic E-state index is 0.0970. The van der Waals surface area contributed by atoms with Gasteiger partial charge in [-0.1, -0.05) is 24.5 Å². The lowest BCUT2D eigenvalue weighted by atomic mass is 10.1.